The van der Waals surface area contributed by atoms with E-state index >= 15 is 0 Å². The SMILES string of the molecule is CC(C)(C)N1N=CCC(Cl)C1O. The van der Waals surface area contributed by atoms with Gasteiger partial charge in [0.15, 0.2) is 6.23 Å². The van der Waals surface area contributed by atoms with Crippen LogP contribution >= 0.6 is 11.6 Å². The Morgan fingerprint density at radius 1 is 1.58 bits per heavy atom. The molecule has 0 aromatic rings. The van der Waals surface area contributed by atoms with Crippen molar-refractivity contribution >= 4 is 17.8 Å². The first-order chi connectivity index (χ1) is 5.43. The fourth-order valence-corrected chi connectivity index (χ4v) is 1.34. The lowest BCUT2D eigenvalue weighted by Crippen LogP contribution is -2.50. The number of aliphatic hydroxyl groups excluding tert-OH is 1. The molecule has 3 nitrogen and oxygen atoms in total. The van der Waals surface area contributed by atoms with Crippen molar-refractivity contribution in [2.75, 3.05) is 0 Å². The predicted octanol–water partition coefficient (Wildman–Crippen LogP) is 1.40. The van der Waals surface area contributed by atoms with Crippen molar-refractivity contribution < 1.29 is 5.11 Å². The number of halogens is 1. The molecule has 0 aromatic heterocycles. The maximum atomic E-state index is 9.65. The van der Waals surface area contributed by atoms with E-state index < -0.39 is 6.23 Å². The van der Waals surface area contributed by atoms with Crippen LogP contribution in [0.3, 0.4) is 0 Å². The van der Waals surface area contributed by atoms with E-state index in [1.807, 2.05) is 20.8 Å². The van der Waals surface area contributed by atoms with Crippen LogP contribution in [0.15, 0.2) is 5.10 Å². The number of hydrogen-bond acceptors (Lipinski definition) is 3. The Balaban J connectivity index is 2.77. The van der Waals surface area contributed by atoms with E-state index in [2.05, 4.69) is 5.10 Å². The zero-order valence-corrected chi connectivity index (χ0v) is 8.41. The monoisotopic (exact) mass is 190 g/mol. The first-order valence-electron chi connectivity index (χ1n) is 4.07. The first-order valence-corrected chi connectivity index (χ1v) is 4.50. The van der Waals surface area contributed by atoms with E-state index in [4.69, 9.17) is 11.6 Å². The van der Waals surface area contributed by atoms with Gasteiger partial charge in [-0.05, 0) is 20.8 Å². The lowest BCUT2D eigenvalue weighted by Gasteiger charge is -2.40. The van der Waals surface area contributed by atoms with Crippen molar-refractivity contribution in [3.8, 4) is 0 Å². The van der Waals surface area contributed by atoms with Gasteiger partial charge < -0.3 is 5.11 Å². The number of alkyl halides is 1. The van der Waals surface area contributed by atoms with Crippen LogP contribution in [0.4, 0.5) is 0 Å². The van der Waals surface area contributed by atoms with E-state index in [9.17, 15) is 5.11 Å². The second kappa shape index (κ2) is 3.23. The van der Waals surface area contributed by atoms with Crippen LogP contribution in [-0.4, -0.2) is 33.5 Å². The summed E-state index contributed by atoms with van der Waals surface area (Å²) in [4.78, 5) is 0. The average Bonchev–Trinajstić information content (AvgIpc) is 1.92. The first kappa shape index (κ1) is 9.81. The largest absolute Gasteiger partial charge is 0.371 e. The van der Waals surface area contributed by atoms with Gasteiger partial charge in [0.05, 0.1) is 10.9 Å². The van der Waals surface area contributed by atoms with E-state index in [1.165, 1.54) is 0 Å². The molecule has 0 aromatic carbocycles. The summed E-state index contributed by atoms with van der Waals surface area (Å²) in [6, 6.07) is 0. The molecule has 0 bridgehead atoms. The Labute approximate surface area is 78.0 Å². The molecule has 12 heavy (non-hydrogen) atoms. The molecule has 0 aliphatic carbocycles. The Morgan fingerprint density at radius 2 is 2.17 bits per heavy atom. The van der Waals surface area contributed by atoms with Crippen molar-refractivity contribution in [2.45, 2.75) is 44.3 Å². The van der Waals surface area contributed by atoms with Crippen LogP contribution in [-0.2, 0) is 0 Å². The fourth-order valence-electron chi connectivity index (χ4n) is 1.15. The molecule has 2 unspecified atom stereocenters. The minimum Gasteiger partial charge on any atom is -0.371 e. The van der Waals surface area contributed by atoms with Crippen LogP contribution in [0.25, 0.3) is 0 Å². The molecule has 1 aliphatic rings. The third kappa shape index (κ3) is 1.90. The van der Waals surface area contributed by atoms with Crippen LogP contribution < -0.4 is 0 Å². The van der Waals surface area contributed by atoms with Gasteiger partial charge in [0, 0.05) is 12.6 Å². The van der Waals surface area contributed by atoms with Crippen molar-refractivity contribution in [1.82, 2.24) is 5.01 Å². The predicted molar refractivity (Wildman–Crippen MR) is 50.3 cm³/mol. The number of hydrazone groups is 1. The maximum absolute atomic E-state index is 9.65. The third-order valence-corrected chi connectivity index (χ3v) is 2.20. The molecule has 0 saturated heterocycles. The Bertz CT molecular complexity index is 188. The topological polar surface area (TPSA) is 35.8 Å². The number of aliphatic hydroxyl groups is 1. The highest BCUT2D eigenvalue weighted by Crippen LogP contribution is 2.24. The Morgan fingerprint density at radius 3 is 2.58 bits per heavy atom. The summed E-state index contributed by atoms with van der Waals surface area (Å²) in [7, 11) is 0. The normalized spacial score (nSPS) is 30.9. The van der Waals surface area contributed by atoms with Crippen LogP contribution in [0.1, 0.15) is 27.2 Å². The quantitative estimate of drug-likeness (QED) is 0.587. The molecule has 1 heterocycles. The van der Waals surface area contributed by atoms with Gasteiger partial charge in [0.1, 0.15) is 0 Å². The molecule has 0 radical (unpaired) electrons. The smallest absolute Gasteiger partial charge is 0.159 e. The van der Waals surface area contributed by atoms with E-state index in [0.717, 1.165) is 0 Å². The number of nitrogens with zero attached hydrogens (tertiary/aromatic N) is 2. The van der Waals surface area contributed by atoms with Gasteiger partial charge >= 0.3 is 0 Å². The molecule has 0 amide bonds. The van der Waals surface area contributed by atoms with Gasteiger partial charge in [-0.25, -0.2) is 0 Å². The van der Waals surface area contributed by atoms with Crippen molar-refractivity contribution in [2.24, 2.45) is 5.10 Å². The van der Waals surface area contributed by atoms with Crippen molar-refractivity contribution in [1.29, 1.82) is 0 Å². The minimum atomic E-state index is -0.670. The van der Waals surface area contributed by atoms with E-state index in [0.29, 0.717) is 6.42 Å². The van der Waals surface area contributed by atoms with Crippen LogP contribution in [0.2, 0.25) is 0 Å². The van der Waals surface area contributed by atoms with Gasteiger partial charge in [0.2, 0.25) is 0 Å². The second-order valence-corrected chi connectivity index (χ2v) is 4.54. The molecular weight excluding hydrogens is 176 g/mol. The van der Waals surface area contributed by atoms with Gasteiger partial charge in [0.25, 0.3) is 0 Å². The molecule has 4 heteroatoms. The zero-order chi connectivity index (χ0) is 9.35. The van der Waals surface area contributed by atoms with Crippen molar-refractivity contribution in [3.63, 3.8) is 0 Å². The average molecular weight is 191 g/mol. The lowest BCUT2D eigenvalue weighted by molar-refractivity contribution is -0.0551. The summed E-state index contributed by atoms with van der Waals surface area (Å²) in [5.74, 6) is 0. The molecular formula is C8H15ClN2O. The van der Waals surface area contributed by atoms with E-state index in [-0.39, 0.29) is 10.9 Å². The number of rotatable bonds is 0. The molecule has 0 saturated carbocycles. The summed E-state index contributed by atoms with van der Waals surface area (Å²) >= 11 is 5.88. The highest BCUT2D eigenvalue weighted by Gasteiger charge is 2.32. The van der Waals surface area contributed by atoms with Crippen LogP contribution in [0, 0.1) is 0 Å². The molecule has 2 atom stereocenters. The van der Waals surface area contributed by atoms with Gasteiger partial charge in [-0.3, -0.25) is 5.01 Å². The van der Waals surface area contributed by atoms with Gasteiger partial charge in [-0.15, -0.1) is 11.6 Å². The van der Waals surface area contributed by atoms with Crippen molar-refractivity contribution in [3.05, 3.63) is 0 Å². The van der Waals surface area contributed by atoms with Gasteiger partial charge in [-0.2, -0.15) is 5.10 Å². The highest BCUT2D eigenvalue weighted by atomic mass is 35.5. The summed E-state index contributed by atoms with van der Waals surface area (Å²) in [6.45, 7) is 5.97. The summed E-state index contributed by atoms with van der Waals surface area (Å²) < 4.78 is 0. The zero-order valence-electron chi connectivity index (χ0n) is 7.66. The Kier molecular flexibility index (Phi) is 2.64. The highest BCUT2D eigenvalue weighted by molar-refractivity contribution is 6.21. The molecule has 1 rings (SSSR count). The van der Waals surface area contributed by atoms with Gasteiger partial charge in [-0.1, -0.05) is 0 Å². The molecule has 1 aliphatic heterocycles. The maximum Gasteiger partial charge on any atom is 0.159 e. The third-order valence-electron chi connectivity index (χ3n) is 1.80. The van der Waals surface area contributed by atoms with E-state index in [1.54, 1.807) is 11.2 Å². The fraction of sp³-hybridized carbons (Fsp3) is 0.875. The van der Waals surface area contributed by atoms with Crippen LogP contribution in [0.5, 0.6) is 0 Å². The molecule has 0 fully saturated rings. The minimum absolute atomic E-state index is 0.177. The number of hydrogen-bond donors (Lipinski definition) is 1. The lowest BCUT2D eigenvalue weighted by atomic mass is 10.1. The molecule has 70 valence electrons. The second-order valence-electron chi connectivity index (χ2n) is 3.98. The molecule has 0 spiro atoms. The standard InChI is InChI=1S/C8H15ClN2O/c1-8(2,3)11-7(12)6(9)4-5-10-11/h5-7,12H,4H2,1-3H3. The summed E-state index contributed by atoms with van der Waals surface area (Å²) in [5.41, 5.74) is -0.177. The summed E-state index contributed by atoms with van der Waals surface area (Å²) in [5, 5.41) is 15.1. The Hall–Kier alpha value is -0.280. The molecule has 1 N–H and O–H groups in total. The summed E-state index contributed by atoms with van der Waals surface area (Å²) in [6.07, 6.45) is 1.71.